The number of fused-ring (bicyclic) bond motifs is 7. The van der Waals surface area contributed by atoms with Crippen LogP contribution in [0.25, 0.3) is 0 Å². The molecule has 8 nitrogen and oxygen atoms in total. The van der Waals surface area contributed by atoms with E-state index < -0.39 is 11.4 Å². The van der Waals surface area contributed by atoms with Crippen molar-refractivity contribution in [3.05, 3.63) is 30.4 Å². The van der Waals surface area contributed by atoms with Crippen LogP contribution in [0.4, 0.5) is 0 Å². The second-order valence-corrected chi connectivity index (χ2v) is 20.2. The third kappa shape index (κ3) is 6.30. The Labute approximate surface area is 307 Å². The molecule has 0 aromatic carbocycles. The molecule has 5 fully saturated rings. The van der Waals surface area contributed by atoms with Crippen molar-refractivity contribution in [3.63, 3.8) is 0 Å². The molecule has 1 amide bonds. The molecule has 2 N–H and O–H groups in total. The van der Waals surface area contributed by atoms with E-state index in [4.69, 9.17) is 4.74 Å². The van der Waals surface area contributed by atoms with E-state index in [0.717, 1.165) is 44.3 Å². The molecule has 6 rings (SSSR count). The average Bonchev–Trinajstić information content (AvgIpc) is 3.60. The first-order valence-electron chi connectivity index (χ1n) is 20.0. The highest BCUT2D eigenvalue weighted by molar-refractivity contribution is 5.77. The Morgan fingerprint density at radius 2 is 1.69 bits per heavy atom. The summed E-state index contributed by atoms with van der Waals surface area (Å²) in [5, 5.41) is 12.6. The smallest absolute Gasteiger partial charge is 0.306 e. The molecule has 0 saturated heterocycles. The number of carbonyl (C=O) groups excluding carboxylic acids is 2. The fourth-order valence-corrected chi connectivity index (χ4v) is 14.0. The number of hydrogen-bond acceptors (Lipinski definition) is 5. The molecule has 1 aromatic rings. The zero-order valence-corrected chi connectivity index (χ0v) is 33.2. The number of ether oxygens (including phenoxy) is 1. The molecule has 0 radical (unpaired) electrons. The third-order valence-corrected chi connectivity index (χ3v) is 16.6. The van der Waals surface area contributed by atoms with E-state index in [0.29, 0.717) is 42.6 Å². The summed E-state index contributed by atoms with van der Waals surface area (Å²) in [5.74, 6) is 2.44. The van der Waals surface area contributed by atoms with Gasteiger partial charge in [0.15, 0.2) is 0 Å². The van der Waals surface area contributed by atoms with E-state index in [-0.39, 0.29) is 57.9 Å². The topological polar surface area (TPSA) is 111 Å². The van der Waals surface area contributed by atoms with Gasteiger partial charge in [0.05, 0.1) is 19.4 Å². The summed E-state index contributed by atoms with van der Waals surface area (Å²) in [6.45, 7) is 23.4. The molecule has 5 aliphatic carbocycles. The molecule has 0 bridgehead atoms. The Kier molecular flexibility index (Phi) is 9.74. The summed E-state index contributed by atoms with van der Waals surface area (Å²) < 4.78 is 8.25. The predicted molar refractivity (Wildman–Crippen MR) is 199 cm³/mol. The lowest BCUT2D eigenvalue weighted by Gasteiger charge is -2.73. The minimum atomic E-state index is -0.885. The Balaban J connectivity index is 1.22. The lowest BCUT2D eigenvalue weighted by Crippen LogP contribution is -2.67. The number of amides is 1. The molecule has 5 saturated carbocycles. The fraction of sp³-hybridized carbons (Fsp3) is 0.814. The molecule has 1 heterocycles. The van der Waals surface area contributed by atoms with E-state index in [1.165, 1.54) is 31.3 Å². The van der Waals surface area contributed by atoms with Gasteiger partial charge in [-0.05, 0) is 128 Å². The SMILES string of the molecule is C=C(C)[C@@H]1CC[C@]2(CC(=O)NCc3nccn3C)CC[C@]3(C)[C@H](CC[C@@H]4[C@@]5(C)CC[C@H](OC(=O)CC(C)(C)CC(=O)O)C(C)(C)[C@@H]5CC[C@]43C)[C@@H]12. The van der Waals surface area contributed by atoms with Gasteiger partial charge in [-0.2, -0.15) is 0 Å². The zero-order chi connectivity index (χ0) is 37.4. The van der Waals surface area contributed by atoms with Gasteiger partial charge >= 0.3 is 11.9 Å². The van der Waals surface area contributed by atoms with Gasteiger partial charge in [0, 0.05) is 31.3 Å². The maximum absolute atomic E-state index is 13.7. The number of esters is 1. The number of aliphatic carboxylic acids is 1. The molecule has 5 aliphatic rings. The average molecular weight is 706 g/mol. The molecule has 0 unspecified atom stereocenters. The number of hydrogen-bond donors (Lipinski definition) is 2. The first kappa shape index (κ1) is 38.1. The fourth-order valence-electron chi connectivity index (χ4n) is 14.0. The van der Waals surface area contributed by atoms with Gasteiger partial charge in [-0.15, -0.1) is 0 Å². The monoisotopic (exact) mass is 706 g/mol. The van der Waals surface area contributed by atoms with Gasteiger partial charge in [0.1, 0.15) is 11.9 Å². The molecular formula is C43H67N3O5. The Morgan fingerprint density at radius 1 is 0.961 bits per heavy atom. The van der Waals surface area contributed by atoms with Crippen molar-refractivity contribution in [1.29, 1.82) is 0 Å². The second kappa shape index (κ2) is 13.0. The first-order valence-corrected chi connectivity index (χ1v) is 20.0. The van der Waals surface area contributed by atoms with Crippen LogP contribution in [0.2, 0.25) is 0 Å². The summed E-state index contributed by atoms with van der Waals surface area (Å²) in [6.07, 6.45) is 15.4. The van der Waals surface area contributed by atoms with E-state index >= 15 is 0 Å². The minimum Gasteiger partial charge on any atom is -0.481 e. The van der Waals surface area contributed by atoms with Gasteiger partial charge in [-0.3, -0.25) is 14.4 Å². The molecule has 1 aromatic heterocycles. The quantitative estimate of drug-likeness (QED) is 0.186. The Hall–Kier alpha value is -2.64. The first-order chi connectivity index (χ1) is 23.7. The summed E-state index contributed by atoms with van der Waals surface area (Å²) in [7, 11) is 1.97. The number of rotatable bonds is 10. The maximum atomic E-state index is 13.7. The summed E-state index contributed by atoms with van der Waals surface area (Å²) >= 11 is 0. The number of carbonyl (C=O) groups is 3. The van der Waals surface area contributed by atoms with E-state index in [9.17, 15) is 19.5 Å². The van der Waals surface area contributed by atoms with Crippen LogP contribution in [0.3, 0.4) is 0 Å². The van der Waals surface area contributed by atoms with Crippen molar-refractivity contribution >= 4 is 17.8 Å². The van der Waals surface area contributed by atoms with Crippen molar-refractivity contribution in [2.24, 2.45) is 69.1 Å². The highest BCUT2D eigenvalue weighted by Crippen LogP contribution is 2.78. The summed E-state index contributed by atoms with van der Waals surface area (Å²) in [4.78, 5) is 42.7. The molecule has 284 valence electrons. The maximum Gasteiger partial charge on any atom is 0.306 e. The van der Waals surface area contributed by atoms with E-state index in [2.05, 4.69) is 58.4 Å². The molecule has 0 spiro atoms. The van der Waals surface area contributed by atoms with Crippen LogP contribution in [0.15, 0.2) is 24.5 Å². The van der Waals surface area contributed by atoms with Gasteiger partial charge in [-0.25, -0.2) is 4.98 Å². The highest BCUT2D eigenvalue weighted by atomic mass is 16.5. The van der Waals surface area contributed by atoms with Crippen molar-refractivity contribution in [1.82, 2.24) is 14.9 Å². The standard InChI is InChI=1S/C43H67N3O5/c1-27(2)28-13-18-43(23-34(47)45-26-33-44-21-22-46(33)10)20-19-41(8)29(37(28)43)11-12-31-40(7)16-15-32(39(5,6)30(40)14-17-42(31,41)9)51-36(50)25-38(3,4)24-35(48)49/h21-22,28-32,37H,1,11-20,23-26H2,2-10H3,(H,45,47)(H,48,49)/t28-,29+,30-,31+,32-,37+,40-,41+,42+,43+/m0/s1. The zero-order valence-electron chi connectivity index (χ0n) is 33.2. The number of allylic oxidation sites excluding steroid dienone is 1. The number of imidazole rings is 1. The van der Waals surface area contributed by atoms with Crippen LogP contribution in [0, 0.1) is 62.1 Å². The van der Waals surface area contributed by atoms with Crippen molar-refractivity contribution < 1.29 is 24.2 Å². The largest absolute Gasteiger partial charge is 0.481 e. The van der Waals surface area contributed by atoms with Crippen molar-refractivity contribution in [3.8, 4) is 0 Å². The number of nitrogens with zero attached hydrogens (tertiary/aromatic N) is 2. The Morgan fingerprint density at radius 3 is 2.33 bits per heavy atom. The number of carboxylic acid groups (broad SMARTS) is 1. The van der Waals surface area contributed by atoms with Crippen molar-refractivity contribution in [2.45, 2.75) is 152 Å². The van der Waals surface area contributed by atoms with Crippen LogP contribution < -0.4 is 5.32 Å². The number of aromatic nitrogens is 2. The molecule has 0 aliphatic heterocycles. The van der Waals surface area contributed by atoms with Gasteiger partial charge in [0.2, 0.25) is 5.91 Å². The molecular weight excluding hydrogens is 638 g/mol. The molecule has 10 atom stereocenters. The van der Waals surface area contributed by atoms with E-state index in [1.54, 1.807) is 6.20 Å². The number of nitrogens with one attached hydrogen (secondary N) is 1. The van der Waals surface area contributed by atoms with Crippen LogP contribution in [-0.2, 0) is 32.7 Å². The van der Waals surface area contributed by atoms with Crippen LogP contribution in [-0.4, -0.2) is 38.6 Å². The molecule has 51 heavy (non-hydrogen) atoms. The summed E-state index contributed by atoms with van der Waals surface area (Å²) in [6, 6.07) is 0. The molecule has 8 heteroatoms. The normalized spacial score (nSPS) is 39.9. The lowest BCUT2D eigenvalue weighted by atomic mass is 9.32. The van der Waals surface area contributed by atoms with Crippen LogP contribution in [0.1, 0.15) is 145 Å². The van der Waals surface area contributed by atoms with E-state index in [1.807, 2.05) is 31.7 Å². The number of carboxylic acids is 1. The third-order valence-electron chi connectivity index (χ3n) is 16.6. The number of aryl methyl sites for hydroxylation is 1. The van der Waals surface area contributed by atoms with Gasteiger partial charge < -0.3 is 19.7 Å². The van der Waals surface area contributed by atoms with Crippen LogP contribution >= 0.6 is 0 Å². The lowest BCUT2D eigenvalue weighted by molar-refractivity contribution is -0.250. The van der Waals surface area contributed by atoms with Gasteiger partial charge in [-0.1, -0.05) is 60.6 Å². The van der Waals surface area contributed by atoms with Crippen LogP contribution in [0.5, 0.6) is 0 Å². The minimum absolute atomic E-state index is 0.0206. The Bertz CT molecular complexity index is 1550. The van der Waals surface area contributed by atoms with Crippen molar-refractivity contribution in [2.75, 3.05) is 0 Å². The van der Waals surface area contributed by atoms with Gasteiger partial charge in [0.25, 0.3) is 0 Å². The highest BCUT2D eigenvalue weighted by Gasteiger charge is 2.71. The summed E-state index contributed by atoms with van der Waals surface area (Å²) in [5.41, 5.74) is 1.04. The second-order valence-electron chi connectivity index (χ2n) is 20.2. The predicted octanol–water partition coefficient (Wildman–Crippen LogP) is 8.89.